The zero-order valence-corrected chi connectivity index (χ0v) is 15.5. The maximum Gasteiger partial charge on any atom is 0.250 e. The predicted molar refractivity (Wildman–Crippen MR) is 105 cm³/mol. The lowest BCUT2D eigenvalue weighted by atomic mass is 10.1. The summed E-state index contributed by atoms with van der Waals surface area (Å²) >= 11 is 1.28. The van der Waals surface area contributed by atoms with Crippen molar-refractivity contribution in [2.45, 2.75) is 0 Å². The molecule has 0 radical (unpaired) electrons. The summed E-state index contributed by atoms with van der Waals surface area (Å²) in [5.74, 6) is 0.551. The highest BCUT2D eigenvalue weighted by molar-refractivity contribution is 7.14. The molecule has 138 valence electrons. The lowest BCUT2D eigenvalue weighted by Crippen LogP contribution is -2.07. The number of benzene rings is 2. The van der Waals surface area contributed by atoms with Crippen LogP contribution < -0.4 is 14.8 Å². The fourth-order valence-electron chi connectivity index (χ4n) is 2.39. The summed E-state index contributed by atoms with van der Waals surface area (Å²) in [7, 11) is 3.16. The van der Waals surface area contributed by atoms with Crippen LogP contribution in [-0.2, 0) is 4.79 Å². The van der Waals surface area contributed by atoms with E-state index in [-0.39, 0.29) is 5.82 Å². The predicted octanol–water partition coefficient (Wildman–Crippen LogP) is 4.62. The summed E-state index contributed by atoms with van der Waals surface area (Å²) in [4.78, 5) is 16.5. The molecule has 1 aromatic heterocycles. The number of hydrogen-bond donors (Lipinski definition) is 1. The molecule has 0 saturated carbocycles. The Morgan fingerprint density at radius 2 is 2.00 bits per heavy atom. The van der Waals surface area contributed by atoms with Gasteiger partial charge in [0.05, 0.1) is 19.9 Å². The van der Waals surface area contributed by atoms with E-state index in [1.807, 2.05) is 11.4 Å². The molecule has 27 heavy (non-hydrogen) atoms. The summed E-state index contributed by atoms with van der Waals surface area (Å²) in [5, 5.41) is 4.92. The first-order chi connectivity index (χ1) is 13.1. The molecular formula is C20H17FN2O3S. The van der Waals surface area contributed by atoms with Gasteiger partial charge < -0.3 is 9.47 Å². The van der Waals surface area contributed by atoms with Crippen LogP contribution in [0.5, 0.6) is 11.5 Å². The Kier molecular flexibility index (Phi) is 5.83. The quantitative estimate of drug-likeness (QED) is 0.630. The Morgan fingerprint density at radius 1 is 1.19 bits per heavy atom. The average Bonchev–Trinajstić information content (AvgIpc) is 3.15. The molecule has 0 saturated heterocycles. The Hall–Kier alpha value is -3.19. The first-order valence-corrected chi connectivity index (χ1v) is 8.90. The maximum absolute atomic E-state index is 13.6. The summed E-state index contributed by atoms with van der Waals surface area (Å²) in [5.41, 5.74) is 1.76. The molecule has 3 aromatic rings. The van der Waals surface area contributed by atoms with Crippen molar-refractivity contribution in [2.24, 2.45) is 0 Å². The first kappa shape index (κ1) is 18.6. The molecule has 3 rings (SSSR count). The lowest BCUT2D eigenvalue weighted by molar-refractivity contribution is -0.111. The Morgan fingerprint density at radius 3 is 2.74 bits per heavy atom. The molecule has 5 nitrogen and oxygen atoms in total. The van der Waals surface area contributed by atoms with E-state index in [1.54, 1.807) is 44.6 Å². The highest BCUT2D eigenvalue weighted by Gasteiger charge is 2.12. The number of halogens is 1. The number of nitrogens with zero attached hydrogens (tertiary/aromatic N) is 1. The van der Waals surface area contributed by atoms with Gasteiger partial charge in [-0.1, -0.05) is 18.2 Å². The highest BCUT2D eigenvalue weighted by atomic mass is 32.1. The van der Waals surface area contributed by atoms with Gasteiger partial charge in [-0.15, -0.1) is 11.3 Å². The number of anilines is 1. The number of amides is 1. The van der Waals surface area contributed by atoms with Crippen LogP contribution in [0.15, 0.2) is 53.9 Å². The number of ether oxygens (including phenoxy) is 2. The maximum atomic E-state index is 13.6. The highest BCUT2D eigenvalue weighted by Crippen LogP contribution is 2.35. The van der Waals surface area contributed by atoms with Crippen LogP contribution in [0.3, 0.4) is 0 Å². The van der Waals surface area contributed by atoms with E-state index >= 15 is 0 Å². The summed E-state index contributed by atoms with van der Waals surface area (Å²) in [6, 6.07) is 11.6. The van der Waals surface area contributed by atoms with E-state index in [0.29, 0.717) is 27.9 Å². The van der Waals surface area contributed by atoms with Gasteiger partial charge in [-0.2, -0.15) is 0 Å². The van der Waals surface area contributed by atoms with E-state index in [9.17, 15) is 9.18 Å². The molecule has 7 heteroatoms. The van der Waals surface area contributed by atoms with Gasteiger partial charge in [0.25, 0.3) is 0 Å². The van der Waals surface area contributed by atoms with Crippen LogP contribution in [-0.4, -0.2) is 25.1 Å². The molecule has 0 fully saturated rings. The van der Waals surface area contributed by atoms with E-state index in [1.165, 1.54) is 29.6 Å². The Labute approximate surface area is 160 Å². The number of carbonyl (C=O) groups is 1. The van der Waals surface area contributed by atoms with Gasteiger partial charge in [0.2, 0.25) is 5.91 Å². The van der Waals surface area contributed by atoms with E-state index in [4.69, 9.17) is 9.47 Å². The van der Waals surface area contributed by atoms with Gasteiger partial charge in [0, 0.05) is 22.6 Å². The van der Waals surface area contributed by atoms with E-state index in [0.717, 1.165) is 5.56 Å². The molecule has 1 heterocycles. The van der Waals surface area contributed by atoms with Gasteiger partial charge in [-0.3, -0.25) is 10.1 Å². The summed E-state index contributed by atoms with van der Waals surface area (Å²) < 4.78 is 24.2. The van der Waals surface area contributed by atoms with Crippen LogP contribution in [0.4, 0.5) is 9.52 Å². The van der Waals surface area contributed by atoms with Crippen molar-refractivity contribution in [3.05, 3.63) is 65.3 Å². The number of rotatable bonds is 6. The average molecular weight is 384 g/mol. The molecule has 2 aromatic carbocycles. The van der Waals surface area contributed by atoms with E-state index < -0.39 is 5.91 Å². The minimum atomic E-state index is -0.392. The van der Waals surface area contributed by atoms with Gasteiger partial charge in [0.15, 0.2) is 5.13 Å². The van der Waals surface area contributed by atoms with Crippen LogP contribution in [0.25, 0.3) is 17.3 Å². The number of hydrogen-bond acceptors (Lipinski definition) is 5. The van der Waals surface area contributed by atoms with Crippen molar-refractivity contribution in [2.75, 3.05) is 19.5 Å². The number of aromatic nitrogens is 1. The minimum Gasteiger partial charge on any atom is -0.497 e. The van der Waals surface area contributed by atoms with Gasteiger partial charge in [-0.05, 0) is 30.3 Å². The van der Waals surface area contributed by atoms with Crippen molar-refractivity contribution in [1.29, 1.82) is 0 Å². The van der Waals surface area contributed by atoms with Gasteiger partial charge in [0.1, 0.15) is 17.3 Å². The molecule has 0 aliphatic carbocycles. The lowest BCUT2D eigenvalue weighted by Gasteiger charge is -2.08. The number of thiazole rings is 1. The number of carbonyl (C=O) groups excluding carboxylic acids is 1. The van der Waals surface area contributed by atoms with Crippen molar-refractivity contribution >= 4 is 28.5 Å². The largest absolute Gasteiger partial charge is 0.497 e. The standard InChI is InChI=1S/C20H17FN2O3S/c1-25-14-8-9-18(26-2)15(11-14)17-12-27-20(22-17)23-19(24)10-7-13-5-3-4-6-16(13)21/h3-12H,1-2H3,(H,22,23,24)/b10-7+. The molecule has 1 N–H and O–H groups in total. The molecule has 0 atom stereocenters. The molecule has 0 bridgehead atoms. The number of methoxy groups -OCH3 is 2. The number of nitrogens with one attached hydrogen (secondary N) is 1. The monoisotopic (exact) mass is 384 g/mol. The normalized spacial score (nSPS) is 10.8. The Bertz CT molecular complexity index is 985. The Balaban J connectivity index is 1.75. The third-order valence-corrected chi connectivity index (χ3v) is 4.49. The van der Waals surface area contributed by atoms with E-state index in [2.05, 4.69) is 10.3 Å². The zero-order valence-electron chi connectivity index (χ0n) is 14.7. The third kappa shape index (κ3) is 4.51. The summed E-state index contributed by atoms with van der Waals surface area (Å²) in [6.07, 6.45) is 2.69. The summed E-state index contributed by atoms with van der Waals surface area (Å²) in [6.45, 7) is 0. The van der Waals surface area contributed by atoms with Gasteiger partial charge >= 0.3 is 0 Å². The second-order valence-corrected chi connectivity index (χ2v) is 6.31. The SMILES string of the molecule is COc1ccc(OC)c(-c2csc(NC(=O)/C=C/c3ccccc3F)n2)c1. The molecule has 0 unspecified atom stereocenters. The van der Waals surface area contributed by atoms with Crippen LogP contribution in [0.2, 0.25) is 0 Å². The zero-order chi connectivity index (χ0) is 19.2. The topological polar surface area (TPSA) is 60.5 Å². The smallest absolute Gasteiger partial charge is 0.250 e. The van der Waals surface area contributed by atoms with Crippen LogP contribution in [0, 0.1) is 5.82 Å². The van der Waals surface area contributed by atoms with Gasteiger partial charge in [-0.25, -0.2) is 9.37 Å². The van der Waals surface area contributed by atoms with Crippen molar-refractivity contribution < 1.29 is 18.7 Å². The molecular weight excluding hydrogens is 367 g/mol. The molecule has 1 amide bonds. The minimum absolute atomic E-state index is 0.341. The van der Waals surface area contributed by atoms with Crippen LogP contribution in [0.1, 0.15) is 5.56 Å². The molecule has 0 spiro atoms. The first-order valence-electron chi connectivity index (χ1n) is 8.02. The molecule has 0 aliphatic heterocycles. The van der Waals surface area contributed by atoms with Crippen molar-refractivity contribution in [3.63, 3.8) is 0 Å². The second kappa shape index (κ2) is 8.46. The van der Waals surface area contributed by atoms with Crippen molar-refractivity contribution in [3.8, 4) is 22.8 Å². The second-order valence-electron chi connectivity index (χ2n) is 5.45. The fourth-order valence-corrected chi connectivity index (χ4v) is 3.11. The fraction of sp³-hybridized carbons (Fsp3) is 0.100. The van der Waals surface area contributed by atoms with Crippen LogP contribution >= 0.6 is 11.3 Å². The molecule has 0 aliphatic rings. The van der Waals surface area contributed by atoms with Crippen molar-refractivity contribution in [1.82, 2.24) is 4.98 Å². The third-order valence-electron chi connectivity index (χ3n) is 3.74.